The number of thiazole rings is 1. The molecule has 2 aliphatic heterocycles. The number of thioether (sulfide) groups is 1. The van der Waals surface area contributed by atoms with E-state index in [1.54, 1.807) is 36.0 Å². The van der Waals surface area contributed by atoms with Gasteiger partial charge in [-0.3, -0.25) is 24.1 Å². The first-order valence-corrected chi connectivity index (χ1v) is 17.9. The average molecular weight is 737 g/mol. The van der Waals surface area contributed by atoms with Crippen LogP contribution in [0.1, 0.15) is 28.3 Å². The highest BCUT2D eigenvalue weighted by Crippen LogP contribution is 2.69. The number of carbonyl (C=O) groups excluding carboxylic acids is 3. The standard InChI is InChI=1S/C34H27BrClN3O5S2/c1-15-2-9-19(10-3-15)39-32(41)27-21-13-22(28(27)33(39)42)29-26(21)25(30-31(45-29)38-34(43)46-30)20-12-16(35)4-11-23(20)44-14-24(40)37-18-7-5-17(36)6-8-18/h2-12,21-22,25-29H,13-14H2,1H3,(H,37,40)(H,38,43)/t21-,22-,25+,26-,27+,28+,29-/m1/s1. The van der Waals surface area contributed by atoms with Crippen molar-refractivity contribution in [3.63, 3.8) is 0 Å². The number of hydrogen-bond acceptors (Lipinski definition) is 7. The Hall–Kier alpha value is -3.38. The molecule has 1 saturated heterocycles. The van der Waals surface area contributed by atoms with E-state index in [0.717, 1.165) is 31.9 Å². The molecule has 12 heteroatoms. The fourth-order valence-electron chi connectivity index (χ4n) is 8.08. The molecule has 2 N–H and O–H groups in total. The second-order valence-electron chi connectivity index (χ2n) is 12.3. The van der Waals surface area contributed by atoms with Crippen molar-refractivity contribution in [3.8, 4) is 5.75 Å². The number of rotatable bonds is 6. The summed E-state index contributed by atoms with van der Waals surface area (Å²) in [5.74, 6) is -1.16. The van der Waals surface area contributed by atoms with Crippen molar-refractivity contribution >= 4 is 79.7 Å². The SMILES string of the molecule is Cc1ccc(N2C(=O)[C@H]3[C@H]4C[C@@H]([C@@H]3C2=O)[C@@H]2[C@H](c3cc(Br)ccc3OCC(=O)Nc3ccc(Cl)cc3)c3sc(=O)[nH]c3S[C@H]42)cc1. The van der Waals surface area contributed by atoms with Crippen LogP contribution in [0.4, 0.5) is 11.4 Å². The summed E-state index contributed by atoms with van der Waals surface area (Å²) in [6.45, 7) is 1.75. The summed E-state index contributed by atoms with van der Waals surface area (Å²) in [6.07, 6.45) is 0.778. The van der Waals surface area contributed by atoms with Crippen LogP contribution in [0, 0.1) is 36.5 Å². The number of benzene rings is 3. The lowest BCUT2D eigenvalue weighted by Crippen LogP contribution is -2.42. The Kier molecular flexibility index (Phi) is 7.43. The van der Waals surface area contributed by atoms with Gasteiger partial charge in [-0.1, -0.05) is 56.6 Å². The predicted octanol–water partition coefficient (Wildman–Crippen LogP) is 6.86. The topological polar surface area (TPSA) is 109 Å². The number of nitrogens with one attached hydrogen (secondary N) is 2. The molecule has 3 amide bonds. The molecule has 3 fully saturated rings. The van der Waals surface area contributed by atoms with E-state index >= 15 is 0 Å². The van der Waals surface area contributed by atoms with Crippen molar-refractivity contribution in [2.75, 3.05) is 16.8 Å². The second kappa shape index (κ2) is 11.4. The fourth-order valence-corrected chi connectivity index (χ4v) is 11.5. The van der Waals surface area contributed by atoms with Crippen molar-refractivity contribution < 1.29 is 19.1 Å². The normalized spacial score (nSPS) is 27.4. The zero-order valence-corrected chi connectivity index (χ0v) is 28.3. The maximum Gasteiger partial charge on any atom is 0.305 e. The number of aryl methyl sites for hydroxylation is 1. The van der Waals surface area contributed by atoms with Gasteiger partial charge in [0.25, 0.3) is 5.91 Å². The van der Waals surface area contributed by atoms with Crippen LogP contribution in [0.15, 0.2) is 81.0 Å². The van der Waals surface area contributed by atoms with E-state index in [4.69, 9.17) is 16.3 Å². The van der Waals surface area contributed by atoms with Crippen LogP contribution in [0.5, 0.6) is 5.75 Å². The maximum atomic E-state index is 14.1. The molecule has 46 heavy (non-hydrogen) atoms. The third kappa shape index (κ3) is 4.85. The summed E-state index contributed by atoms with van der Waals surface area (Å²) >= 11 is 12.4. The number of hydrogen-bond donors (Lipinski definition) is 2. The number of fused-ring (bicyclic) bond motifs is 9. The van der Waals surface area contributed by atoms with Gasteiger partial charge in [-0.05, 0) is 85.7 Å². The van der Waals surface area contributed by atoms with Crippen LogP contribution in [-0.4, -0.2) is 34.6 Å². The number of anilines is 2. The second-order valence-corrected chi connectivity index (χ2v) is 15.9. The summed E-state index contributed by atoms with van der Waals surface area (Å²) in [7, 11) is 0. The van der Waals surface area contributed by atoms with Crippen LogP contribution >= 0.6 is 50.6 Å². The molecular weight excluding hydrogens is 710 g/mol. The third-order valence-corrected chi connectivity index (χ3v) is 13.1. The number of amides is 3. The highest BCUT2D eigenvalue weighted by molar-refractivity contribution is 9.10. The number of aromatic amines is 1. The zero-order valence-electron chi connectivity index (χ0n) is 24.4. The van der Waals surface area contributed by atoms with Gasteiger partial charge in [-0.2, -0.15) is 0 Å². The quantitative estimate of drug-likeness (QED) is 0.210. The highest BCUT2D eigenvalue weighted by Gasteiger charge is 2.69. The minimum atomic E-state index is -0.415. The maximum absolute atomic E-state index is 14.1. The molecule has 4 aliphatic rings. The van der Waals surface area contributed by atoms with Gasteiger partial charge in [-0.25, -0.2) is 0 Å². The summed E-state index contributed by atoms with van der Waals surface area (Å²) < 4.78 is 7.02. The van der Waals surface area contributed by atoms with Crippen LogP contribution in [-0.2, 0) is 14.4 Å². The molecule has 3 aromatic carbocycles. The Morgan fingerprint density at radius 2 is 1.74 bits per heavy atom. The molecule has 2 saturated carbocycles. The Labute approximate surface area is 286 Å². The fraction of sp³-hybridized carbons (Fsp3) is 0.294. The van der Waals surface area contributed by atoms with E-state index in [0.29, 0.717) is 22.1 Å². The molecule has 2 aliphatic carbocycles. The lowest BCUT2D eigenvalue weighted by atomic mass is 9.68. The van der Waals surface area contributed by atoms with Crippen molar-refractivity contribution in [1.82, 2.24) is 4.98 Å². The first kappa shape index (κ1) is 30.0. The van der Waals surface area contributed by atoms with Gasteiger partial charge in [0.2, 0.25) is 11.8 Å². The largest absolute Gasteiger partial charge is 0.483 e. The number of H-pyrrole nitrogens is 1. The van der Waals surface area contributed by atoms with Gasteiger partial charge in [-0.15, -0.1) is 11.8 Å². The number of ether oxygens (including phenoxy) is 1. The number of aromatic nitrogens is 1. The molecule has 234 valence electrons. The van der Waals surface area contributed by atoms with Gasteiger partial charge < -0.3 is 15.0 Å². The minimum Gasteiger partial charge on any atom is -0.483 e. The number of halogens is 2. The van der Waals surface area contributed by atoms with Gasteiger partial charge >= 0.3 is 4.87 Å². The van der Waals surface area contributed by atoms with Crippen LogP contribution in [0.2, 0.25) is 5.02 Å². The molecule has 7 atom stereocenters. The lowest BCUT2D eigenvalue weighted by Gasteiger charge is -2.43. The van der Waals surface area contributed by atoms with E-state index in [1.165, 1.54) is 16.2 Å². The third-order valence-electron chi connectivity index (χ3n) is 9.81. The van der Waals surface area contributed by atoms with E-state index < -0.39 is 5.92 Å². The van der Waals surface area contributed by atoms with Crippen LogP contribution in [0.25, 0.3) is 0 Å². The molecular formula is C34H27BrClN3O5S2. The first-order chi connectivity index (χ1) is 22.2. The molecule has 0 unspecified atom stereocenters. The molecule has 0 spiro atoms. The van der Waals surface area contributed by atoms with E-state index in [2.05, 4.69) is 26.2 Å². The summed E-state index contributed by atoms with van der Waals surface area (Å²) in [6, 6.07) is 20.0. The number of carbonyl (C=O) groups is 3. The Bertz CT molecular complexity index is 1960. The smallest absolute Gasteiger partial charge is 0.305 e. The van der Waals surface area contributed by atoms with Crippen molar-refractivity contribution in [3.05, 3.63) is 102 Å². The van der Waals surface area contributed by atoms with Crippen LogP contribution < -0.4 is 19.8 Å². The van der Waals surface area contributed by atoms with Crippen molar-refractivity contribution in [2.45, 2.75) is 29.5 Å². The minimum absolute atomic E-state index is 0.00220. The Balaban J connectivity index is 1.14. The first-order valence-electron chi connectivity index (χ1n) is 15.0. The van der Waals surface area contributed by atoms with Crippen molar-refractivity contribution in [1.29, 1.82) is 0 Å². The summed E-state index contributed by atoms with van der Waals surface area (Å²) in [5.41, 5.74) is 3.12. The molecule has 3 heterocycles. The summed E-state index contributed by atoms with van der Waals surface area (Å²) in [4.78, 5) is 58.8. The monoisotopic (exact) mass is 735 g/mol. The van der Waals surface area contributed by atoms with Gasteiger partial charge in [0.15, 0.2) is 6.61 Å². The molecule has 2 bridgehead atoms. The molecule has 0 radical (unpaired) electrons. The summed E-state index contributed by atoms with van der Waals surface area (Å²) in [5, 5.41) is 4.24. The van der Waals surface area contributed by atoms with Gasteiger partial charge in [0.05, 0.1) is 22.5 Å². The molecule has 8 nitrogen and oxygen atoms in total. The lowest BCUT2D eigenvalue weighted by molar-refractivity contribution is -0.123. The predicted molar refractivity (Wildman–Crippen MR) is 182 cm³/mol. The molecule has 4 aromatic rings. The van der Waals surface area contributed by atoms with Gasteiger partial charge in [0.1, 0.15) is 5.75 Å². The average Bonchev–Trinajstić information content (AvgIpc) is 3.77. The molecule has 8 rings (SSSR count). The number of imide groups is 1. The van der Waals surface area contributed by atoms with Crippen LogP contribution in [0.3, 0.4) is 0 Å². The zero-order chi connectivity index (χ0) is 31.9. The Morgan fingerprint density at radius 3 is 2.48 bits per heavy atom. The van der Waals surface area contributed by atoms with E-state index in [-0.39, 0.29) is 64.0 Å². The van der Waals surface area contributed by atoms with E-state index in [1.807, 2.05) is 49.4 Å². The van der Waals surface area contributed by atoms with E-state index in [9.17, 15) is 19.2 Å². The molecule has 1 aromatic heterocycles. The van der Waals surface area contributed by atoms with Crippen molar-refractivity contribution in [2.24, 2.45) is 29.6 Å². The number of nitrogens with zero attached hydrogens (tertiary/aromatic N) is 1. The van der Waals surface area contributed by atoms with Gasteiger partial charge in [0, 0.05) is 36.8 Å². The highest BCUT2D eigenvalue weighted by atomic mass is 79.9. The Morgan fingerprint density at radius 1 is 1.02 bits per heavy atom.